The number of carbonyl (C=O) groups is 1. The molecule has 0 fully saturated rings. The minimum absolute atomic E-state index is 0.121. The number of hydrogen-bond acceptors (Lipinski definition) is 2. The molecule has 0 saturated heterocycles. The molecule has 0 aromatic heterocycles. The predicted octanol–water partition coefficient (Wildman–Crippen LogP) is 1.86. The Hall–Kier alpha value is -1.35. The van der Waals surface area contributed by atoms with Crippen LogP contribution in [0.5, 0.6) is 0 Å². The van der Waals surface area contributed by atoms with Gasteiger partial charge in [0.2, 0.25) is 0 Å². The lowest BCUT2D eigenvalue weighted by atomic mass is 9.98. The topological polar surface area (TPSA) is 63.3 Å². The second kappa shape index (κ2) is 4.77. The van der Waals surface area contributed by atoms with Gasteiger partial charge in [-0.1, -0.05) is 24.3 Å². The van der Waals surface area contributed by atoms with Crippen molar-refractivity contribution in [1.29, 1.82) is 0 Å². The summed E-state index contributed by atoms with van der Waals surface area (Å²) in [5.41, 5.74) is 8.03. The van der Waals surface area contributed by atoms with Crippen molar-refractivity contribution in [3.8, 4) is 0 Å². The fraction of sp³-hybridized carbons (Fsp3) is 0.364. The Bertz CT molecular complexity index is 323. The number of aryl methyl sites for hydroxylation is 1. The Balaban J connectivity index is 2.65. The van der Waals surface area contributed by atoms with Gasteiger partial charge in [0.25, 0.3) is 0 Å². The van der Waals surface area contributed by atoms with E-state index in [0.717, 1.165) is 11.1 Å². The molecular formula is C11H15NO2. The molecule has 0 radical (unpaired) electrons. The molecule has 3 nitrogen and oxygen atoms in total. The number of benzene rings is 1. The number of nitrogens with two attached hydrogens (primary N) is 1. The highest BCUT2D eigenvalue weighted by atomic mass is 16.4. The van der Waals surface area contributed by atoms with Crippen LogP contribution in [0.1, 0.15) is 30.0 Å². The van der Waals surface area contributed by atoms with Gasteiger partial charge in [-0.3, -0.25) is 4.79 Å². The summed E-state index contributed by atoms with van der Waals surface area (Å²) >= 11 is 0. The number of carboxylic acid groups (broad SMARTS) is 1. The summed E-state index contributed by atoms with van der Waals surface area (Å²) < 4.78 is 0. The first-order valence-corrected chi connectivity index (χ1v) is 4.64. The number of carboxylic acids is 1. The molecule has 0 spiro atoms. The highest BCUT2D eigenvalue weighted by Crippen LogP contribution is 2.18. The average molecular weight is 193 g/mol. The molecule has 3 heteroatoms. The van der Waals surface area contributed by atoms with Crippen molar-refractivity contribution in [1.82, 2.24) is 0 Å². The third-order valence-corrected chi connectivity index (χ3v) is 2.26. The monoisotopic (exact) mass is 193 g/mol. The van der Waals surface area contributed by atoms with Crippen molar-refractivity contribution in [3.63, 3.8) is 0 Å². The molecule has 0 saturated carbocycles. The van der Waals surface area contributed by atoms with E-state index in [1.54, 1.807) is 0 Å². The number of hydrogen-bond donors (Lipinski definition) is 2. The highest BCUT2D eigenvalue weighted by molar-refractivity contribution is 5.66. The predicted molar refractivity (Wildman–Crippen MR) is 55.0 cm³/mol. The van der Waals surface area contributed by atoms with Gasteiger partial charge in [0.15, 0.2) is 0 Å². The van der Waals surface area contributed by atoms with Gasteiger partial charge >= 0.3 is 5.97 Å². The summed E-state index contributed by atoms with van der Waals surface area (Å²) in [7, 11) is 0. The summed E-state index contributed by atoms with van der Waals surface area (Å²) in [5.74, 6) is -0.797. The zero-order chi connectivity index (χ0) is 10.6. The molecule has 1 aromatic rings. The minimum Gasteiger partial charge on any atom is -0.481 e. The standard InChI is InChI=1S/C11H15NO2/c1-8-4-2-3-5-9(8)10(12)6-7-11(13)14/h2-5,10H,6-7,12H2,1H3,(H,13,14). The van der Waals surface area contributed by atoms with E-state index in [0.29, 0.717) is 6.42 Å². The van der Waals surface area contributed by atoms with E-state index >= 15 is 0 Å². The molecule has 0 aliphatic heterocycles. The summed E-state index contributed by atoms with van der Waals surface area (Å²) in [6.45, 7) is 1.98. The van der Waals surface area contributed by atoms with Crippen LogP contribution in [0.15, 0.2) is 24.3 Å². The molecule has 1 atom stereocenters. The second-order valence-corrected chi connectivity index (χ2v) is 3.40. The molecule has 0 heterocycles. The van der Waals surface area contributed by atoms with E-state index in [-0.39, 0.29) is 12.5 Å². The third-order valence-electron chi connectivity index (χ3n) is 2.26. The van der Waals surface area contributed by atoms with Crippen LogP contribution in [-0.4, -0.2) is 11.1 Å². The van der Waals surface area contributed by atoms with Gasteiger partial charge in [-0.25, -0.2) is 0 Å². The van der Waals surface area contributed by atoms with Gasteiger partial charge in [0.05, 0.1) is 0 Å². The summed E-state index contributed by atoms with van der Waals surface area (Å²) in [6.07, 6.45) is 0.607. The maximum absolute atomic E-state index is 10.4. The largest absolute Gasteiger partial charge is 0.481 e. The summed E-state index contributed by atoms with van der Waals surface area (Å²) in [6, 6.07) is 7.62. The first-order valence-electron chi connectivity index (χ1n) is 4.64. The van der Waals surface area contributed by atoms with E-state index in [1.807, 2.05) is 31.2 Å². The van der Waals surface area contributed by atoms with Crippen LogP contribution in [-0.2, 0) is 4.79 Å². The Morgan fingerprint density at radius 1 is 1.50 bits per heavy atom. The van der Waals surface area contributed by atoms with Crippen molar-refractivity contribution in [2.75, 3.05) is 0 Å². The molecule has 1 rings (SSSR count). The molecule has 1 unspecified atom stereocenters. The van der Waals surface area contributed by atoms with E-state index < -0.39 is 5.97 Å². The van der Waals surface area contributed by atoms with Crippen LogP contribution in [0.4, 0.5) is 0 Å². The fourth-order valence-corrected chi connectivity index (χ4v) is 1.44. The third kappa shape index (κ3) is 2.85. The summed E-state index contributed by atoms with van der Waals surface area (Å²) in [5, 5.41) is 8.52. The lowest BCUT2D eigenvalue weighted by Crippen LogP contribution is -2.13. The van der Waals surface area contributed by atoms with Crippen LogP contribution < -0.4 is 5.73 Å². The highest BCUT2D eigenvalue weighted by Gasteiger charge is 2.09. The van der Waals surface area contributed by atoms with Crippen molar-refractivity contribution >= 4 is 5.97 Å². The molecule has 1 aromatic carbocycles. The molecule has 0 amide bonds. The number of aliphatic carboxylic acids is 1. The molecular weight excluding hydrogens is 178 g/mol. The average Bonchev–Trinajstić information content (AvgIpc) is 2.15. The van der Waals surface area contributed by atoms with Crippen LogP contribution >= 0.6 is 0 Å². The normalized spacial score (nSPS) is 12.4. The van der Waals surface area contributed by atoms with Gasteiger partial charge in [-0.2, -0.15) is 0 Å². The van der Waals surface area contributed by atoms with Crippen LogP contribution in [0.2, 0.25) is 0 Å². The molecule has 3 N–H and O–H groups in total. The zero-order valence-electron chi connectivity index (χ0n) is 8.23. The number of rotatable bonds is 4. The van der Waals surface area contributed by atoms with E-state index in [2.05, 4.69) is 0 Å². The van der Waals surface area contributed by atoms with Crippen LogP contribution in [0.25, 0.3) is 0 Å². The SMILES string of the molecule is Cc1ccccc1C(N)CCC(=O)O. The lowest BCUT2D eigenvalue weighted by Gasteiger charge is -2.13. The van der Waals surface area contributed by atoms with E-state index in [9.17, 15) is 4.79 Å². The Kier molecular flexibility index (Phi) is 3.65. The molecule has 14 heavy (non-hydrogen) atoms. The minimum atomic E-state index is -0.797. The van der Waals surface area contributed by atoms with Gasteiger partial charge in [0.1, 0.15) is 0 Å². The Morgan fingerprint density at radius 3 is 2.71 bits per heavy atom. The van der Waals surface area contributed by atoms with Gasteiger partial charge in [-0.05, 0) is 24.5 Å². The maximum Gasteiger partial charge on any atom is 0.303 e. The van der Waals surface area contributed by atoms with Gasteiger partial charge in [-0.15, -0.1) is 0 Å². The Labute approximate surface area is 83.6 Å². The molecule has 0 bridgehead atoms. The van der Waals surface area contributed by atoms with Crippen molar-refractivity contribution in [2.24, 2.45) is 5.73 Å². The molecule has 0 aliphatic carbocycles. The zero-order valence-corrected chi connectivity index (χ0v) is 8.23. The van der Waals surface area contributed by atoms with Crippen molar-refractivity contribution < 1.29 is 9.90 Å². The van der Waals surface area contributed by atoms with Crippen molar-refractivity contribution in [3.05, 3.63) is 35.4 Å². The van der Waals surface area contributed by atoms with Gasteiger partial charge < -0.3 is 10.8 Å². The molecule has 0 aliphatic rings. The van der Waals surface area contributed by atoms with Crippen LogP contribution in [0.3, 0.4) is 0 Å². The Morgan fingerprint density at radius 2 is 2.14 bits per heavy atom. The van der Waals surface area contributed by atoms with Crippen molar-refractivity contribution in [2.45, 2.75) is 25.8 Å². The maximum atomic E-state index is 10.4. The lowest BCUT2D eigenvalue weighted by molar-refractivity contribution is -0.137. The molecule has 76 valence electrons. The van der Waals surface area contributed by atoms with Gasteiger partial charge in [0, 0.05) is 12.5 Å². The summed E-state index contributed by atoms with van der Waals surface area (Å²) in [4.78, 5) is 10.4. The van der Waals surface area contributed by atoms with E-state index in [4.69, 9.17) is 10.8 Å². The van der Waals surface area contributed by atoms with Crippen LogP contribution in [0, 0.1) is 6.92 Å². The first kappa shape index (κ1) is 10.7. The first-order chi connectivity index (χ1) is 6.61. The quantitative estimate of drug-likeness (QED) is 0.767. The van der Waals surface area contributed by atoms with E-state index in [1.165, 1.54) is 0 Å². The second-order valence-electron chi connectivity index (χ2n) is 3.40. The smallest absolute Gasteiger partial charge is 0.303 e. The fourth-order valence-electron chi connectivity index (χ4n) is 1.44.